The lowest BCUT2D eigenvalue weighted by Crippen LogP contribution is -2.25. The number of carbonyl (C=O) groups is 1. The van der Waals surface area contributed by atoms with Crippen molar-refractivity contribution in [2.24, 2.45) is 0 Å². The molecular weight excluding hydrogens is 452 g/mol. The quantitative estimate of drug-likeness (QED) is 0.313. The van der Waals surface area contributed by atoms with Crippen LogP contribution in [0.25, 0.3) is 5.69 Å². The summed E-state index contributed by atoms with van der Waals surface area (Å²) in [4.78, 5) is 17.2. The van der Waals surface area contributed by atoms with Crippen LogP contribution in [0.2, 0.25) is 0 Å². The van der Waals surface area contributed by atoms with Gasteiger partial charge in [-0.3, -0.25) is 4.57 Å². The van der Waals surface area contributed by atoms with Crippen molar-refractivity contribution in [2.45, 2.75) is 58.2 Å². The summed E-state index contributed by atoms with van der Waals surface area (Å²) < 4.78 is 13.7. The average molecular weight is 483 g/mol. The third-order valence-electron chi connectivity index (χ3n) is 6.73. The molecule has 184 valence electrons. The highest BCUT2D eigenvalue weighted by atomic mass is 16.5. The van der Waals surface area contributed by atoms with Crippen LogP contribution in [0.1, 0.15) is 64.7 Å². The highest BCUT2D eigenvalue weighted by Gasteiger charge is 2.28. The molecule has 1 aliphatic carbocycles. The fraction of sp³-hybridized carbons (Fsp3) is 0.310. The zero-order chi connectivity index (χ0) is 24.9. The highest BCUT2D eigenvalue weighted by molar-refractivity contribution is 5.91. The third-order valence-corrected chi connectivity index (χ3v) is 6.73. The molecule has 5 rings (SSSR count). The maximum absolute atomic E-state index is 12.9. The molecule has 0 aliphatic heterocycles. The Bertz CT molecular complexity index is 1310. The van der Waals surface area contributed by atoms with Gasteiger partial charge in [-0.1, -0.05) is 42.5 Å². The summed E-state index contributed by atoms with van der Waals surface area (Å²) in [5.41, 5.74) is 3.25. The number of aryl methyl sites for hydroxylation is 2. The van der Waals surface area contributed by atoms with Crippen LogP contribution >= 0.6 is 0 Å². The van der Waals surface area contributed by atoms with E-state index >= 15 is 0 Å². The smallest absolute Gasteiger partial charge is 0.338 e. The number of rotatable bonds is 7. The molecular formula is C29H30N4O3. The number of hydrogen-bond donors (Lipinski definition) is 0. The Morgan fingerprint density at radius 3 is 2.47 bits per heavy atom. The minimum atomic E-state index is -0.336. The molecule has 0 saturated heterocycles. The van der Waals surface area contributed by atoms with Gasteiger partial charge in [-0.25, -0.2) is 9.78 Å². The summed E-state index contributed by atoms with van der Waals surface area (Å²) in [7, 11) is 0. The number of ether oxygens (including phenoxy) is 2. The molecule has 0 amide bonds. The fourth-order valence-electron chi connectivity index (χ4n) is 4.76. The molecule has 2 aromatic heterocycles. The second kappa shape index (κ2) is 10.7. The SMILES string of the molecule is Cc1ccc(-n2c(C)nnc2[C@H]2CC[C@H](Oc3ccccn3)CC2)cc1C(=O)OCc1ccccc1. The van der Waals surface area contributed by atoms with Gasteiger partial charge in [0.25, 0.3) is 0 Å². The van der Waals surface area contributed by atoms with E-state index in [4.69, 9.17) is 9.47 Å². The molecule has 0 radical (unpaired) electrons. The van der Waals surface area contributed by atoms with Crippen LogP contribution in [-0.4, -0.2) is 31.8 Å². The van der Waals surface area contributed by atoms with Crippen molar-refractivity contribution in [1.29, 1.82) is 0 Å². The van der Waals surface area contributed by atoms with Crippen LogP contribution < -0.4 is 4.74 Å². The van der Waals surface area contributed by atoms with Crippen molar-refractivity contribution < 1.29 is 14.3 Å². The lowest BCUT2D eigenvalue weighted by Gasteiger charge is -2.28. The first-order valence-corrected chi connectivity index (χ1v) is 12.4. The van der Waals surface area contributed by atoms with E-state index < -0.39 is 0 Å². The van der Waals surface area contributed by atoms with Crippen LogP contribution in [0, 0.1) is 13.8 Å². The molecule has 1 aliphatic rings. The van der Waals surface area contributed by atoms with Crippen LogP contribution in [0.3, 0.4) is 0 Å². The normalized spacial score (nSPS) is 17.5. The molecule has 2 aromatic carbocycles. The topological polar surface area (TPSA) is 79.1 Å². The Labute approximate surface area is 211 Å². The zero-order valence-corrected chi connectivity index (χ0v) is 20.6. The van der Waals surface area contributed by atoms with E-state index in [0.29, 0.717) is 11.4 Å². The Kier molecular flexibility index (Phi) is 7.07. The predicted molar refractivity (Wildman–Crippen MR) is 136 cm³/mol. The fourth-order valence-corrected chi connectivity index (χ4v) is 4.76. The van der Waals surface area contributed by atoms with E-state index in [1.165, 1.54) is 0 Å². The van der Waals surface area contributed by atoms with Gasteiger partial charge in [0.2, 0.25) is 5.88 Å². The van der Waals surface area contributed by atoms with Crippen molar-refractivity contribution in [2.75, 3.05) is 0 Å². The van der Waals surface area contributed by atoms with Gasteiger partial charge >= 0.3 is 5.97 Å². The number of aromatic nitrogens is 4. The van der Waals surface area contributed by atoms with Gasteiger partial charge in [-0.05, 0) is 68.9 Å². The molecule has 7 heteroatoms. The van der Waals surface area contributed by atoms with Gasteiger partial charge in [-0.15, -0.1) is 10.2 Å². The standard InChI is InChI=1S/C29H30N4O3/c1-20-11-14-24(18-26(20)29(34)35-19-22-8-4-3-5-9-22)33-21(2)31-32-28(33)23-12-15-25(16-13-23)36-27-10-6-7-17-30-27/h3-11,14,17-18,23,25H,12-13,15-16,19H2,1-2H3/t23-,25-. The summed E-state index contributed by atoms with van der Waals surface area (Å²) in [6, 6.07) is 21.3. The lowest BCUT2D eigenvalue weighted by molar-refractivity contribution is 0.0472. The molecule has 0 N–H and O–H groups in total. The summed E-state index contributed by atoms with van der Waals surface area (Å²) in [6.07, 6.45) is 5.66. The maximum Gasteiger partial charge on any atom is 0.338 e. The van der Waals surface area contributed by atoms with Crippen molar-refractivity contribution in [3.05, 3.63) is 101 Å². The first-order valence-electron chi connectivity index (χ1n) is 12.4. The summed E-state index contributed by atoms with van der Waals surface area (Å²) >= 11 is 0. The molecule has 0 unspecified atom stereocenters. The summed E-state index contributed by atoms with van der Waals surface area (Å²) in [5, 5.41) is 8.92. The Morgan fingerprint density at radius 2 is 1.72 bits per heavy atom. The molecule has 36 heavy (non-hydrogen) atoms. The number of carbonyl (C=O) groups excluding carboxylic acids is 1. The summed E-state index contributed by atoms with van der Waals surface area (Å²) in [6.45, 7) is 4.11. The van der Waals surface area contributed by atoms with Gasteiger partial charge in [-0.2, -0.15) is 0 Å². The van der Waals surface area contributed by atoms with Gasteiger partial charge in [0, 0.05) is 23.9 Å². The first kappa shape index (κ1) is 23.7. The van der Waals surface area contributed by atoms with Crippen LogP contribution in [-0.2, 0) is 11.3 Å². The lowest BCUT2D eigenvalue weighted by atomic mass is 9.86. The maximum atomic E-state index is 12.9. The number of esters is 1. The Balaban J connectivity index is 1.31. The van der Waals surface area contributed by atoms with E-state index in [0.717, 1.165) is 54.1 Å². The number of benzene rings is 2. The van der Waals surface area contributed by atoms with Gasteiger partial charge in [0.15, 0.2) is 0 Å². The van der Waals surface area contributed by atoms with E-state index in [-0.39, 0.29) is 24.6 Å². The molecule has 0 spiro atoms. The average Bonchev–Trinajstić information content (AvgIpc) is 3.30. The summed E-state index contributed by atoms with van der Waals surface area (Å²) in [5.74, 6) is 2.33. The molecule has 1 saturated carbocycles. The monoisotopic (exact) mass is 482 g/mol. The van der Waals surface area contributed by atoms with E-state index in [1.807, 2.05) is 80.6 Å². The molecule has 1 fully saturated rings. The minimum Gasteiger partial charge on any atom is -0.474 e. The second-order valence-electron chi connectivity index (χ2n) is 9.26. The van der Waals surface area contributed by atoms with Crippen LogP contribution in [0.5, 0.6) is 5.88 Å². The van der Waals surface area contributed by atoms with E-state index in [9.17, 15) is 4.79 Å². The van der Waals surface area contributed by atoms with E-state index in [1.54, 1.807) is 6.20 Å². The van der Waals surface area contributed by atoms with Crippen molar-refractivity contribution in [3.63, 3.8) is 0 Å². The Morgan fingerprint density at radius 1 is 0.944 bits per heavy atom. The molecule has 7 nitrogen and oxygen atoms in total. The van der Waals surface area contributed by atoms with Crippen LogP contribution in [0.4, 0.5) is 0 Å². The van der Waals surface area contributed by atoms with Crippen LogP contribution in [0.15, 0.2) is 72.9 Å². The third kappa shape index (κ3) is 5.30. The first-order chi connectivity index (χ1) is 17.6. The second-order valence-corrected chi connectivity index (χ2v) is 9.26. The zero-order valence-electron chi connectivity index (χ0n) is 20.6. The largest absolute Gasteiger partial charge is 0.474 e. The van der Waals surface area contributed by atoms with Crippen molar-refractivity contribution in [1.82, 2.24) is 19.7 Å². The molecule has 4 aromatic rings. The number of pyridine rings is 1. The van der Waals surface area contributed by atoms with Gasteiger partial charge < -0.3 is 9.47 Å². The Hall–Kier alpha value is -4.00. The van der Waals surface area contributed by atoms with Gasteiger partial charge in [0.1, 0.15) is 24.4 Å². The molecule has 0 bridgehead atoms. The highest BCUT2D eigenvalue weighted by Crippen LogP contribution is 2.35. The number of hydrogen-bond acceptors (Lipinski definition) is 6. The van der Waals surface area contributed by atoms with E-state index in [2.05, 4.69) is 19.7 Å². The molecule has 0 atom stereocenters. The number of nitrogens with zero attached hydrogens (tertiary/aromatic N) is 4. The van der Waals surface area contributed by atoms with Crippen molar-refractivity contribution >= 4 is 5.97 Å². The van der Waals surface area contributed by atoms with Gasteiger partial charge in [0.05, 0.1) is 5.56 Å². The predicted octanol–water partition coefficient (Wildman–Crippen LogP) is 5.74. The minimum absolute atomic E-state index is 0.152. The van der Waals surface area contributed by atoms with Crippen molar-refractivity contribution in [3.8, 4) is 11.6 Å². The molecule has 2 heterocycles.